The fraction of sp³-hybridized carbons (Fsp3) is 0.200. The Kier molecular flexibility index (Phi) is 6.87. The minimum atomic E-state index is -4.02. The van der Waals surface area contributed by atoms with Crippen molar-refractivity contribution < 1.29 is 18.1 Å². The van der Waals surface area contributed by atoms with Gasteiger partial charge in [-0.1, -0.05) is 35.9 Å². The lowest BCUT2D eigenvalue weighted by atomic mass is 10.2. The van der Waals surface area contributed by atoms with Gasteiger partial charge < -0.3 is 10.4 Å². The van der Waals surface area contributed by atoms with Gasteiger partial charge >= 0.3 is 0 Å². The van der Waals surface area contributed by atoms with E-state index in [0.717, 1.165) is 11.3 Å². The van der Waals surface area contributed by atoms with Crippen molar-refractivity contribution in [3.63, 3.8) is 0 Å². The van der Waals surface area contributed by atoms with Crippen LogP contribution in [0.4, 0.5) is 5.69 Å². The van der Waals surface area contributed by atoms with E-state index in [9.17, 15) is 8.42 Å². The minimum Gasteiger partial charge on any atom is -0.395 e. The Balaban J connectivity index is 0.000000211. The number of rotatable bonds is 4. The number of para-hydroxylation sites is 1. The number of anilines is 1. The molecule has 0 aliphatic carbocycles. The first kappa shape index (κ1) is 17.2. The second-order valence-electron chi connectivity index (χ2n) is 4.30. The maximum atomic E-state index is 10.5. The van der Waals surface area contributed by atoms with Crippen LogP contribution in [-0.2, 0) is 10.1 Å². The molecule has 0 radical (unpaired) electrons. The van der Waals surface area contributed by atoms with Crippen LogP contribution in [0.25, 0.3) is 0 Å². The molecule has 0 saturated carbocycles. The molecule has 0 heterocycles. The van der Waals surface area contributed by atoms with E-state index < -0.39 is 10.1 Å². The van der Waals surface area contributed by atoms with Gasteiger partial charge in [-0.05, 0) is 31.2 Å². The lowest BCUT2D eigenvalue weighted by Gasteiger charge is -2.01. The second kappa shape index (κ2) is 8.41. The van der Waals surface area contributed by atoms with E-state index in [0.29, 0.717) is 6.54 Å². The molecule has 6 heteroatoms. The summed E-state index contributed by atoms with van der Waals surface area (Å²) in [6, 6.07) is 15.8. The predicted octanol–water partition coefficient (Wildman–Crippen LogP) is 2.33. The van der Waals surface area contributed by atoms with Crippen molar-refractivity contribution in [1.29, 1.82) is 0 Å². The first-order valence-electron chi connectivity index (χ1n) is 6.37. The quantitative estimate of drug-likeness (QED) is 0.755. The molecule has 0 fully saturated rings. The van der Waals surface area contributed by atoms with Gasteiger partial charge in [-0.15, -0.1) is 0 Å². The van der Waals surface area contributed by atoms with Crippen molar-refractivity contribution in [3.05, 3.63) is 60.2 Å². The summed E-state index contributed by atoms with van der Waals surface area (Å²) in [5.41, 5.74) is 2.01. The summed E-state index contributed by atoms with van der Waals surface area (Å²) < 4.78 is 29.6. The van der Waals surface area contributed by atoms with Crippen molar-refractivity contribution in [2.45, 2.75) is 11.8 Å². The van der Waals surface area contributed by atoms with Gasteiger partial charge in [0.25, 0.3) is 10.1 Å². The molecule has 2 aromatic rings. The van der Waals surface area contributed by atoms with Crippen molar-refractivity contribution in [2.24, 2.45) is 0 Å². The SMILES string of the molecule is Cc1ccc(S(=O)(=O)O)cc1.OCCNc1ccccc1. The zero-order valence-corrected chi connectivity index (χ0v) is 12.5. The van der Waals surface area contributed by atoms with E-state index in [-0.39, 0.29) is 11.5 Å². The highest BCUT2D eigenvalue weighted by Crippen LogP contribution is 2.08. The Morgan fingerprint density at radius 3 is 2.05 bits per heavy atom. The number of nitrogens with one attached hydrogen (secondary N) is 1. The van der Waals surface area contributed by atoms with Crippen LogP contribution in [0, 0.1) is 6.92 Å². The fourth-order valence-corrected chi connectivity index (χ4v) is 1.95. The van der Waals surface area contributed by atoms with Crippen molar-refractivity contribution >= 4 is 15.8 Å². The molecule has 0 bridgehead atoms. The standard InChI is InChI=1S/C8H11NO.C7H8O3S/c10-7-6-9-8-4-2-1-3-5-8;1-6-2-4-7(5-3-6)11(8,9)10/h1-5,9-10H,6-7H2;2-5H,1H3,(H,8,9,10). The summed E-state index contributed by atoms with van der Waals surface area (Å²) in [6.45, 7) is 2.63. The van der Waals surface area contributed by atoms with Crippen LogP contribution >= 0.6 is 0 Å². The van der Waals surface area contributed by atoms with Gasteiger partial charge in [-0.3, -0.25) is 4.55 Å². The lowest BCUT2D eigenvalue weighted by Crippen LogP contribution is -2.04. The highest BCUT2D eigenvalue weighted by molar-refractivity contribution is 7.85. The number of aliphatic hydroxyl groups excluding tert-OH is 1. The molecule has 3 N–H and O–H groups in total. The molecule has 0 atom stereocenters. The normalized spacial score (nSPS) is 10.4. The van der Waals surface area contributed by atoms with Crippen LogP contribution in [0.3, 0.4) is 0 Å². The topological polar surface area (TPSA) is 86.6 Å². The molecule has 0 aliphatic rings. The summed E-state index contributed by atoms with van der Waals surface area (Å²) >= 11 is 0. The third kappa shape index (κ3) is 6.89. The first-order valence-corrected chi connectivity index (χ1v) is 7.81. The highest BCUT2D eigenvalue weighted by Gasteiger charge is 2.06. The second-order valence-corrected chi connectivity index (χ2v) is 5.73. The molecule has 5 nitrogen and oxygen atoms in total. The van der Waals surface area contributed by atoms with Gasteiger partial charge in [0.2, 0.25) is 0 Å². The van der Waals surface area contributed by atoms with E-state index >= 15 is 0 Å². The van der Waals surface area contributed by atoms with Gasteiger partial charge in [0.15, 0.2) is 0 Å². The van der Waals surface area contributed by atoms with Gasteiger partial charge in [-0.2, -0.15) is 8.42 Å². The third-order valence-corrected chi connectivity index (χ3v) is 3.40. The van der Waals surface area contributed by atoms with Crippen molar-refractivity contribution in [3.8, 4) is 0 Å². The Labute approximate surface area is 125 Å². The van der Waals surface area contributed by atoms with Crippen LogP contribution < -0.4 is 5.32 Å². The number of hydrogen-bond acceptors (Lipinski definition) is 4. The lowest BCUT2D eigenvalue weighted by molar-refractivity contribution is 0.311. The Morgan fingerprint density at radius 2 is 1.57 bits per heavy atom. The highest BCUT2D eigenvalue weighted by atomic mass is 32.2. The number of aliphatic hydroxyl groups is 1. The molecule has 21 heavy (non-hydrogen) atoms. The molecule has 0 aliphatic heterocycles. The number of benzene rings is 2. The van der Waals surface area contributed by atoms with Crippen LogP contribution in [0.2, 0.25) is 0 Å². The largest absolute Gasteiger partial charge is 0.395 e. The van der Waals surface area contributed by atoms with Crippen LogP contribution in [0.1, 0.15) is 5.56 Å². The molecular weight excluding hydrogens is 290 g/mol. The Bertz CT molecular complexity index is 624. The average molecular weight is 309 g/mol. The van der Waals surface area contributed by atoms with E-state index in [1.807, 2.05) is 37.3 Å². The molecule has 0 unspecified atom stereocenters. The van der Waals surface area contributed by atoms with E-state index in [1.165, 1.54) is 12.1 Å². The minimum absolute atomic E-state index is 0.0666. The molecule has 0 spiro atoms. The van der Waals surface area contributed by atoms with Crippen LogP contribution in [0.5, 0.6) is 0 Å². The maximum absolute atomic E-state index is 10.5. The van der Waals surface area contributed by atoms with E-state index in [4.69, 9.17) is 9.66 Å². The first-order chi connectivity index (χ1) is 9.93. The predicted molar refractivity (Wildman–Crippen MR) is 83.0 cm³/mol. The molecule has 0 amide bonds. The summed E-state index contributed by atoms with van der Waals surface area (Å²) in [5, 5.41) is 11.5. The van der Waals surface area contributed by atoms with Gasteiger partial charge in [0, 0.05) is 12.2 Å². The van der Waals surface area contributed by atoms with E-state index in [1.54, 1.807) is 12.1 Å². The van der Waals surface area contributed by atoms with Crippen LogP contribution in [0.15, 0.2) is 59.5 Å². The van der Waals surface area contributed by atoms with Gasteiger partial charge in [-0.25, -0.2) is 0 Å². The molecule has 0 aromatic heterocycles. The summed E-state index contributed by atoms with van der Waals surface area (Å²) in [5.74, 6) is 0. The van der Waals surface area contributed by atoms with Gasteiger partial charge in [0.05, 0.1) is 11.5 Å². The Morgan fingerprint density at radius 1 is 1.00 bits per heavy atom. The summed E-state index contributed by atoms with van der Waals surface area (Å²) in [6.07, 6.45) is 0. The average Bonchev–Trinajstić information content (AvgIpc) is 2.46. The molecular formula is C15H19NO4S. The molecule has 2 aromatic carbocycles. The zero-order chi connectivity index (χ0) is 15.7. The van der Waals surface area contributed by atoms with Gasteiger partial charge in [0.1, 0.15) is 0 Å². The maximum Gasteiger partial charge on any atom is 0.294 e. The molecule has 0 saturated heterocycles. The third-order valence-electron chi connectivity index (χ3n) is 2.53. The molecule has 114 valence electrons. The zero-order valence-electron chi connectivity index (χ0n) is 11.7. The summed E-state index contributed by atoms with van der Waals surface area (Å²) in [7, 11) is -4.02. The molecule has 2 rings (SSSR count). The Hall–Kier alpha value is -1.89. The smallest absolute Gasteiger partial charge is 0.294 e. The van der Waals surface area contributed by atoms with Crippen LogP contribution in [-0.4, -0.2) is 31.2 Å². The van der Waals surface area contributed by atoms with E-state index in [2.05, 4.69) is 5.32 Å². The van der Waals surface area contributed by atoms with Crippen molar-refractivity contribution in [1.82, 2.24) is 0 Å². The number of aryl methyl sites for hydroxylation is 1. The summed E-state index contributed by atoms with van der Waals surface area (Å²) in [4.78, 5) is -0.0666. The fourth-order valence-electron chi connectivity index (χ4n) is 1.47. The van der Waals surface area contributed by atoms with Crippen molar-refractivity contribution in [2.75, 3.05) is 18.5 Å². The monoisotopic (exact) mass is 309 g/mol. The number of hydrogen-bond donors (Lipinski definition) is 3.